The van der Waals surface area contributed by atoms with E-state index in [4.69, 9.17) is 15.2 Å². The summed E-state index contributed by atoms with van der Waals surface area (Å²) in [6.07, 6.45) is 3.05. The van der Waals surface area contributed by atoms with Crippen molar-refractivity contribution in [2.75, 3.05) is 45.6 Å². The molecular weight excluding hydrogens is 455 g/mol. The maximum atomic E-state index is 14.9. The molecule has 188 valence electrons. The molecule has 0 unspecified atom stereocenters. The van der Waals surface area contributed by atoms with Gasteiger partial charge in [0.15, 0.2) is 0 Å². The Morgan fingerprint density at radius 1 is 1.06 bits per heavy atom. The standard InChI is InChI=1S/C29H33FN4O2/c1-19-25-8-5-21(17-22(25)9-12-32-19)27-18-26(28(30)33-29(27)31)20-3-6-23(7-4-20)36-24-10-13-34(14-11-24)15-16-35-2/h3-8,17-18,24,32H,1,9-16H2,2H3,(H2,31,33). The summed E-state index contributed by atoms with van der Waals surface area (Å²) < 4.78 is 26.3. The normalized spacial score (nSPS) is 16.4. The second-order valence-corrected chi connectivity index (χ2v) is 9.46. The topological polar surface area (TPSA) is 72.6 Å². The van der Waals surface area contributed by atoms with Gasteiger partial charge in [-0.25, -0.2) is 4.98 Å². The minimum atomic E-state index is -0.580. The molecule has 0 aliphatic carbocycles. The summed E-state index contributed by atoms with van der Waals surface area (Å²) in [5.74, 6) is 0.395. The predicted molar refractivity (Wildman–Crippen MR) is 142 cm³/mol. The zero-order chi connectivity index (χ0) is 25.1. The lowest BCUT2D eigenvalue weighted by atomic mass is 9.93. The van der Waals surface area contributed by atoms with Crippen LogP contribution < -0.4 is 15.8 Å². The van der Waals surface area contributed by atoms with Gasteiger partial charge in [-0.3, -0.25) is 0 Å². The zero-order valence-electron chi connectivity index (χ0n) is 20.7. The number of anilines is 1. The maximum Gasteiger partial charge on any atom is 0.222 e. The highest BCUT2D eigenvalue weighted by Crippen LogP contribution is 2.34. The molecule has 0 amide bonds. The van der Waals surface area contributed by atoms with Gasteiger partial charge in [0.2, 0.25) is 5.95 Å². The molecular formula is C29H33FN4O2. The van der Waals surface area contributed by atoms with Crippen LogP contribution in [-0.4, -0.2) is 55.9 Å². The number of aromatic nitrogens is 1. The molecule has 0 spiro atoms. The van der Waals surface area contributed by atoms with Crippen molar-refractivity contribution in [3.63, 3.8) is 0 Å². The van der Waals surface area contributed by atoms with Crippen molar-refractivity contribution in [1.29, 1.82) is 0 Å². The van der Waals surface area contributed by atoms with Gasteiger partial charge in [0.05, 0.1) is 6.61 Å². The summed E-state index contributed by atoms with van der Waals surface area (Å²) >= 11 is 0. The van der Waals surface area contributed by atoms with Gasteiger partial charge >= 0.3 is 0 Å². The van der Waals surface area contributed by atoms with E-state index in [2.05, 4.69) is 27.8 Å². The largest absolute Gasteiger partial charge is 0.490 e. The third-order valence-electron chi connectivity index (χ3n) is 7.09. The fraction of sp³-hybridized carbons (Fsp3) is 0.345. The Bertz CT molecular complexity index is 1240. The van der Waals surface area contributed by atoms with E-state index in [1.54, 1.807) is 13.2 Å². The first-order valence-corrected chi connectivity index (χ1v) is 12.5. The summed E-state index contributed by atoms with van der Waals surface area (Å²) in [5, 5.41) is 3.29. The van der Waals surface area contributed by atoms with E-state index < -0.39 is 5.95 Å². The summed E-state index contributed by atoms with van der Waals surface area (Å²) in [7, 11) is 1.73. The first kappa shape index (κ1) is 24.3. The third kappa shape index (κ3) is 5.22. The van der Waals surface area contributed by atoms with Crippen molar-refractivity contribution in [2.24, 2.45) is 0 Å². The van der Waals surface area contributed by atoms with Gasteiger partial charge in [-0.2, -0.15) is 4.39 Å². The molecule has 5 rings (SSSR count). The van der Waals surface area contributed by atoms with Crippen LogP contribution >= 0.6 is 0 Å². The van der Waals surface area contributed by atoms with Crippen molar-refractivity contribution in [3.05, 3.63) is 72.2 Å². The smallest absolute Gasteiger partial charge is 0.222 e. The Morgan fingerprint density at radius 2 is 1.81 bits per heavy atom. The number of nitrogens with two attached hydrogens (primary N) is 1. The fourth-order valence-corrected chi connectivity index (χ4v) is 5.02. The molecule has 1 fully saturated rings. The van der Waals surface area contributed by atoms with E-state index in [1.165, 1.54) is 5.56 Å². The Kier molecular flexibility index (Phi) is 7.20. The number of nitrogens with zero attached hydrogens (tertiary/aromatic N) is 2. The first-order valence-electron chi connectivity index (χ1n) is 12.5. The van der Waals surface area contributed by atoms with Crippen molar-refractivity contribution in [3.8, 4) is 28.0 Å². The van der Waals surface area contributed by atoms with Gasteiger partial charge in [-0.05, 0) is 54.2 Å². The van der Waals surface area contributed by atoms with Gasteiger partial charge in [0.1, 0.15) is 17.7 Å². The lowest BCUT2D eigenvalue weighted by Gasteiger charge is -2.31. The van der Waals surface area contributed by atoms with Crippen LogP contribution in [0.4, 0.5) is 10.2 Å². The Morgan fingerprint density at radius 3 is 2.56 bits per heavy atom. The number of hydrogen-bond acceptors (Lipinski definition) is 6. The SMILES string of the molecule is C=C1NCCc2cc(-c3cc(-c4ccc(OC5CCN(CCOC)CC5)cc4)c(F)nc3N)ccc21. The van der Waals surface area contributed by atoms with Gasteiger partial charge < -0.3 is 25.4 Å². The molecule has 1 saturated heterocycles. The molecule has 2 aromatic carbocycles. The molecule has 2 aliphatic heterocycles. The number of likely N-dealkylation sites (tertiary alicyclic amines) is 1. The highest BCUT2D eigenvalue weighted by atomic mass is 19.1. The van der Waals surface area contributed by atoms with Crippen LogP contribution in [0.3, 0.4) is 0 Å². The number of hydrogen-bond donors (Lipinski definition) is 2. The molecule has 3 heterocycles. The molecule has 6 nitrogen and oxygen atoms in total. The maximum absolute atomic E-state index is 14.9. The third-order valence-corrected chi connectivity index (χ3v) is 7.09. The molecule has 36 heavy (non-hydrogen) atoms. The second kappa shape index (κ2) is 10.7. The molecule has 3 N–H and O–H groups in total. The number of methoxy groups -OCH3 is 1. The number of pyridine rings is 1. The lowest BCUT2D eigenvalue weighted by molar-refractivity contribution is 0.0797. The van der Waals surface area contributed by atoms with E-state index in [9.17, 15) is 4.39 Å². The summed E-state index contributed by atoms with van der Waals surface area (Å²) in [6.45, 7) is 8.65. The monoisotopic (exact) mass is 488 g/mol. The van der Waals surface area contributed by atoms with E-state index in [0.717, 1.165) is 85.7 Å². The van der Waals surface area contributed by atoms with Crippen LogP contribution in [0.5, 0.6) is 5.75 Å². The molecule has 1 aromatic heterocycles. The lowest BCUT2D eigenvalue weighted by Crippen LogP contribution is -2.39. The van der Waals surface area contributed by atoms with Crippen molar-refractivity contribution in [2.45, 2.75) is 25.4 Å². The molecule has 0 bridgehead atoms. The molecule has 2 aliphatic rings. The number of rotatable bonds is 7. The number of nitrogens with one attached hydrogen (secondary N) is 1. The molecule has 3 aromatic rings. The molecule has 0 atom stereocenters. The Hall–Kier alpha value is -3.42. The van der Waals surface area contributed by atoms with Crippen LogP contribution in [-0.2, 0) is 11.2 Å². The number of benzene rings is 2. The Balaban J connectivity index is 1.32. The second-order valence-electron chi connectivity index (χ2n) is 9.46. The van der Waals surface area contributed by atoms with Gasteiger partial charge in [-0.1, -0.05) is 36.9 Å². The Labute approximate surface area is 211 Å². The van der Waals surface area contributed by atoms with Crippen molar-refractivity contribution in [1.82, 2.24) is 15.2 Å². The van der Waals surface area contributed by atoms with Crippen LogP contribution in [0, 0.1) is 5.95 Å². The van der Waals surface area contributed by atoms with Gasteiger partial charge in [0.25, 0.3) is 0 Å². The van der Waals surface area contributed by atoms with Gasteiger partial charge in [0, 0.05) is 55.7 Å². The molecule has 0 saturated carbocycles. The van der Waals surface area contributed by atoms with Crippen LogP contribution in [0.1, 0.15) is 24.0 Å². The van der Waals surface area contributed by atoms with E-state index >= 15 is 0 Å². The summed E-state index contributed by atoms with van der Waals surface area (Å²) in [5.41, 5.74) is 12.2. The average Bonchev–Trinajstić information content (AvgIpc) is 2.89. The number of piperidine rings is 1. The van der Waals surface area contributed by atoms with Crippen LogP contribution in [0.2, 0.25) is 0 Å². The van der Waals surface area contributed by atoms with E-state index in [0.29, 0.717) is 5.56 Å². The highest BCUT2D eigenvalue weighted by Gasteiger charge is 2.21. The minimum absolute atomic E-state index is 0.181. The average molecular weight is 489 g/mol. The highest BCUT2D eigenvalue weighted by molar-refractivity contribution is 5.81. The van der Waals surface area contributed by atoms with E-state index in [1.807, 2.05) is 36.4 Å². The molecule has 7 heteroatoms. The number of fused-ring (bicyclic) bond motifs is 1. The minimum Gasteiger partial charge on any atom is -0.490 e. The summed E-state index contributed by atoms with van der Waals surface area (Å²) in [6, 6.07) is 15.5. The number of ether oxygens (including phenoxy) is 2. The van der Waals surface area contributed by atoms with Crippen molar-refractivity contribution >= 4 is 11.5 Å². The van der Waals surface area contributed by atoms with Crippen molar-refractivity contribution < 1.29 is 13.9 Å². The fourth-order valence-electron chi connectivity index (χ4n) is 5.02. The van der Waals surface area contributed by atoms with Gasteiger partial charge in [-0.15, -0.1) is 0 Å². The predicted octanol–water partition coefficient (Wildman–Crippen LogP) is 4.74. The zero-order valence-corrected chi connectivity index (χ0v) is 20.7. The van der Waals surface area contributed by atoms with E-state index in [-0.39, 0.29) is 11.9 Å². The van der Waals surface area contributed by atoms with Crippen LogP contribution in [0.15, 0.2) is 55.1 Å². The number of halogens is 1. The molecule has 0 radical (unpaired) electrons. The first-order chi connectivity index (χ1) is 17.5. The summed E-state index contributed by atoms with van der Waals surface area (Å²) in [4.78, 5) is 6.43. The number of nitrogen functional groups attached to an aromatic ring is 1. The quantitative estimate of drug-likeness (QED) is 0.468. The van der Waals surface area contributed by atoms with Crippen LogP contribution in [0.25, 0.3) is 28.0 Å².